The summed E-state index contributed by atoms with van der Waals surface area (Å²) in [6, 6.07) is 9.28. The minimum atomic E-state index is -0.201. The molecule has 1 aromatic rings. The molecular formula is C17H24N2O2S. The first-order valence-electron chi connectivity index (χ1n) is 7.82. The van der Waals surface area contributed by atoms with Crippen LogP contribution in [0.2, 0.25) is 0 Å². The van der Waals surface area contributed by atoms with Crippen molar-refractivity contribution in [1.82, 2.24) is 10.2 Å². The molecule has 5 heteroatoms. The van der Waals surface area contributed by atoms with Crippen molar-refractivity contribution in [2.45, 2.75) is 37.5 Å². The molecule has 1 aromatic carbocycles. The van der Waals surface area contributed by atoms with E-state index in [-0.39, 0.29) is 18.4 Å². The van der Waals surface area contributed by atoms with E-state index in [0.29, 0.717) is 16.9 Å². The van der Waals surface area contributed by atoms with E-state index in [4.69, 9.17) is 0 Å². The second-order valence-corrected chi connectivity index (χ2v) is 7.17. The van der Waals surface area contributed by atoms with E-state index in [2.05, 4.69) is 12.2 Å². The summed E-state index contributed by atoms with van der Waals surface area (Å²) in [5.74, 6) is 0.909. The van der Waals surface area contributed by atoms with E-state index in [1.807, 2.05) is 41.9 Å². The van der Waals surface area contributed by atoms with Gasteiger partial charge in [-0.1, -0.05) is 25.1 Å². The van der Waals surface area contributed by atoms with Crippen LogP contribution in [0.3, 0.4) is 0 Å². The average molecular weight is 320 g/mol. The van der Waals surface area contributed by atoms with Crippen molar-refractivity contribution in [3.8, 4) is 0 Å². The SMILES string of the molecule is CCS[C@@H]1CC[C@H](N(C)C(=O)CNC(=O)c2ccccc2)C1. The highest BCUT2D eigenvalue weighted by Crippen LogP contribution is 2.32. The van der Waals surface area contributed by atoms with Crippen LogP contribution in [0.4, 0.5) is 0 Å². The predicted octanol–water partition coefficient (Wildman–Crippen LogP) is 2.55. The van der Waals surface area contributed by atoms with Crippen molar-refractivity contribution in [3.63, 3.8) is 0 Å². The van der Waals surface area contributed by atoms with E-state index in [1.165, 1.54) is 6.42 Å². The monoisotopic (exact) mass is 320 g/mol. The van der Waals surface area contributed by atoms with Gasteiger partial charge in [-0.3, -0.25) is 9.59 Å². The molecule has 2 rings (SSSR count). The Labute approximate surface area is 136 Å². The first kappa shape index (κ1) is 16.9. The number of hydrogen-bond donors (Lipinski definition) is 1. The number of nitrogens with one attached hydrogen (secondary N) is 1. The molecule has 4 nitrogen and oxygen atoms in total. The lowest BCUT2D eigenvalue weighted by molar-refractivity contribution is -0.130. The molecule has 22 heavy (non-hydrogen) atoms. The summed E-state index contributed by atoms with van der Waals surface area (Å²) in [6.45, 7) is 2.23. The number of amides is 2. The Morgan fingerprint density at radius 1 is 1.27 bits per heavy atom. The first-order valence-corrected chi connectivity index (χ1v) is 8.87. The van der Waals surface area contributed by atoms with Crippen LogP contribution in [0.15, 0.2) is 30.3 Å². The van der Waals surface area contributed by atoms with Crippen molar-refractivity contribution in [2.75, 3.05) is 19.3 Å². The third kappa shape index (κ3) is 4.50. The fraction of sp³-hybridized carbons (Fsp3) is 0.529. The molecule has 120 valence electrons. The smallest absolute Gasteiger partial charge is 0.251 e. The second-order valence-electron chi connectivity index (χ2n) is 5.60. The van der Waals surface area contributed by atoms with Crippen LogP contribution in [0.5, 0.6) is 0 Å². The van der Waals surface area contributed by atoms with Gasteiger partial charge in [0.25, 0.3) is 5.91 Å². The number of nitrogens with zero attached hydrogens (tertiary/aromatic N) is 1. The molecule has 0 spiro atoms. The Morgan fingerprint density at radius 3 is 2.68 bits per heavy atom. The minimum Gasteiger partial charge on any atom is -0.343 e. The Hall–Kier alpha value is -1.49. The van der Waals surface area contributed by atoms with Gasteiger partial charge in [0.1, 0.15) is 0 Å². The molecule has 0 heterocycles. The van der Waals surface area contributed by atoms with Gasteiger partial charge in [-0.25, -0.2) is 0 Å². The molecule has 2 amide bonds. The molecular weight excluding hydrogens is 296 g/mol. The molecule has 1 saturated carbocycles. The highest BCUT2D eigenvalue weighted by Gasteiger charge is 2.29. The number of carbonyl (C=O) groups excluding carboxylic acids is 2. The summed E-state index contributed by atoms with van der Waals surface area (Å²) < 4.78 is 0. The summed E-state index contributed by atoms with van der Waals surface area (Å²) in [7, 11) is 1.85. The summed E-state index contributed by atoms with van der Waals surface area (Å²) >= 11 is 1.98. The number of benzene rings is 1. The molecule has 0 radical (unpaired) electrons. The van der Waals surface area contributed by atoms with E-state index in [1.54, 1.807) is 12.1 Å². The summed E-state index contributed by atoms with van der Waals surface area (Å²) in [4.78, 5) is 26.0. The zero-order valence-electron chi connectivity index (χ0n) is 13.2. The van der Waals surface area contributed by atoms with Gasteiger partial charge in [-0.05, 0) is 37.1 Å². The van der Waals surface area contributed by atoms with Crippen molar-refractivity contribution in [3.05, 3.63) is 35.9 Å². The number of rotatable bonds is 6. The topological polar surface area (TPSA) is 49.4 Å². The molecule has 0 aromatic heterocycles. The first-order chi connectivity index (χ1) is 10.6. The predicted molar refractivity (Wildman–Crippen MR) is 91.1 cm³/mol. The maximum absolute atomic E-state index is 12.2. The van der Waals surface area contributed by atoms with Crippen molar-refractivity contribution >= 4 is 23.6 Å². The van der Waals surface area contributed by atoms with Gasteiger partial charge < -0.3 is 10.2 Å². The maximum atomic E-state index is 12.2. The lowest BCUT2D eigenvalue weighted by atomic mass is 10.2. The zero-order valence-corrected chi connectivity index (χ0v) is 14.1. The number of hydrogen-bond acceptors (Lipinski definition) is 3. The third-order valence-corrected chi connectivity index (χ3v) is 5.37. The largest absolute Gasteiger partial charge is 0.343 e. The third-order valence-electron chi connectivity index (χ3n) is 4.14. The highest BCUT2D eigenvalue weighted by atomic mass is 32.2. The highest BCUT2D eigenvalue weighted by molar-refractivity contribution is 7.99. The summed E-state index contributed by atoms with van der Waals surface area (Å²) in [5, 5.41) is 3.37. The summed E-state index contributed by atoms with van der Waals surface area (Å²) in [5.41, 5.74) is 0.582. The molecule has 1 fully saturated rings. The van der Waals surface area contributed by atoms with Gasteiger partial charge in [0.15, 0.2) is 0 Å². The molecule has 2 atom stereocenters. The number of likely N-dealkylation sites (N-methyl/N-ethyl adjacent to an activating group) is 1. The lowest BCUT2D eigenvalue weighted by Gasteiger charge is -2.25. The van der Waals surface area contributed by atoms with E-state index < -0.39 is 0 Å². The van der Waals surface area contributed by atoms with Gasteiger partial charge in [-0.2, -0.15) is 11.8 Å². The Morgan fingerprint density at radius 2 is 2.00 bits per heavy atom. The normalized spacial score (nSPS) is 20.6. The van der Waals surface area contributed by atoms with E-state index >= 15 is 0 Å². The van der Waals surface area contributed by atoms with Crippen molar-refractivity contribution < 1.29 is 9.59 Å². The number of thioether (sulfide) groups is 1. The molecule has 0 unspecified atom stereocenters. The fourth-order valence-electron chi connectivity index (χ4n) is 2.83. The van der Waals surface area contributed by atoms with Crippen LogP contribution in [-0.2, 0) is 4.79 Å². The lowest BCUT2D eigenvalue weighted by Crippen LogP contribution is -2.42. The van der Waals surface area contributed by atoms with Crippen LogP contribution < -0.4 is 5.32 Å². The Bertz CT molecular complexity index is 507. The van der Waals surface area contributed by atoms with Gasteiger partial charge in [-0.15, -0.1) is 0 Å². The minimum absolute atomic E-state index is 0.0172. The van der Waals surface area contributed by atoms with Gasteiger partial charge in [0, 0.05) is 23.9 Å². The second kappa shape index (κ2) is 8.22. The molecule has 1 aliphatic carbocycles. The molecule has 1 N–H and O–H groups in total. The standard InChI is InChI=1S/C17H24N2O2S/c1-3-22-15-10-9-14(11-15)19(2)16(20)12-18-17(21)13-7-5-4-6-8-13/h4-8,14-15H,3,9-12H2,1-2H3,(H,18,21)/t14-,15+/m0/s1. The maximum Gasteiger partial charge on any atom is 0.251 e. The average Bonchev–Trinajstić information content (AvgIpc) is 3.01. The van der Waals surface area contributed by atoms with Crippen molar-refractivity contribution in [2.24, 2.45) is 0 Å². The summed E-state index contributed by atoms with van der Waals surface area (Å²) in [6.07, 6.45) is 3.30. The van der Waals surface area contributed by atoms with Crippen molar-refractivity contribution in [1.29, 1.82) is 0 Å². The van der Waals surface area contributed by atoms with Crippen LogP contribution in [0.25, 0.3) is 0 Å². The Balaban J connectivity index is 1.78. The molecule has 0 aliphatic heterocycles. The Kier molecular flexibility index (Phi) is 6.31. The van der Waals surface area contributed by atoms with E-state index in [9.17, 15) is 9.59 Å². The molecule has 0 bridgehead atoms. The fourth-order valence-corrected chi connectivity index (χ4v) is 3.96. The van der Waals surface area contributed by atoms with E-state index in [0.717, 1.165) is 18.6 Å². The zero-order chi connectivity index (χ0) is 15.9. The van der Waals surface area contributed by atoms with Crippen LogP contribution in [-0.4, -0.2) is 47.4 Å². The van der Waals surface area contributed by atoms with Gasteiger partial charge in [0.05, 0.1) is 6.54 Å². The van der Waals surface area contributed by atoms with Gasteiger partial charge in [0.2, 0.25) is 5.91 Å². The van der Waals surface area contributed by atoms with Crippen LogP contribution >= 0.6 is 11.8 Å². The van der Waals surface area contributed by atoms with Gasteiger partial charge >= 0.3 is 0 Å². The molecule has 1 aliphatic rings. The quantitative estimate of drug-likeness (QED) is 0.876. The van der Waals surface area contributed by atoms with Crippen LogP contribution in [0, 0.1) is 0 Å². The van der Waals surface area contributed by atoms with Crippen LogP contribution in [0.1, 0.15) is 36.5 Å². The molecule has 0 saturated heterocycles. The number of carbonyl (C=O) groups is 2.